The van der Waals surface area contributed by atoms with Crippen LogP contribution in [0.25, 0.3) is 0 Å². The van der Waals surface area contributed by atoms with Gasteiger partial charge in [-0.15, -0.1) is 0 Å². The molecule has 3 fully saturated rings. The highest BCUT2D eigenvalue weighted by Gasteiger charge is 2.46. The van der Waals surface area contributed by atoms with Gasteiger partial charge in [0.1, 0.15) is 6.17 Å². The molecule has 28 heavy (non-hydrogen) atoms. The van der Waals surface area contributed by atoms with E-state index in [1.807, 2.05) is 4.90 Å². The Morgan fingerprint density at radius 3 is 2.18 bits per heavy atom. The number of carbonyl (C=O) groups excluding carboxylic acids is 1. The third kappa shape index (κ3) is 5.56. The van der Waals surface area contributed by atoms with Crippen molar-refractivity contribution in [1.82, 2.24) is 9.80 Å². The van der Waals surface area contributed by atoms with Gasteiger partial charge < -0.3 is 19.6 Å². The molecular weight excluding hydrogens is 384 g/mol. The van der Waals surface area contributed by atoms with Crippen molar-refractivity contribution in [3.8, 4) is 0 Å². The Hall–Kier alpha value is -1.42. The lowest BCUT2D eigenvalue weighted by atomic mass is 9.75. The molecule has 1 unspecified atom stereocenters. The number of ether oxygens (including phenoxy) is 1. The van der Waals surface area contributed by atoms with Crippen molar-refractivity contribution >= 4 is 11.9 Å². The van der Waals surface area contributed by atoms with Gasteiger partial charge in [0.15, 0.2) is 0 Å². The zero-order valence-corrected chi connectivity index (χ0v) is 16.2. The Kier molecular flexibility index (Phi) is 7.30. The SMILES string of the molecule is COCC1CC2(CCN(C(=O)C3CC(F)C3)CC2)CN1C.O=C(O)C(F)(F)F. The number of carboxylic acids is 1. The summed E-state index contributed by atoms with van der Waals surface area (Å²) in [6.07, 6.45) is -1.61. The minimum absolute atomic E-state index is 0.0402. The van der Waals surface area contributed by atoms with E-state index in [1.54, 1.807) is 7.11 Å². The second-order valence-electron chi connectivity index (χ2n) is 8.12. The molecule has 3 aliphatic rings. The fraction of sp³-hybridized carbons (Fsp3) is 0.889. The molecule has 1 N–H and O–H groups in total. The van der Waals surface area contributed by atoms with Crippen LogP contribution in [0.2, 0.25) is 0 Å². The first-order valence-electron chi connectivity index (χ1n) is 9.39. The number of amides is 1. The van der Waals surface area contributed by atoms with Crippen LogP contribution >= 0.6 is 0 Å². The molecule has 0 aromatic heterocycles. The number of aliphatic carboxylic acids is 1. The molecule has 1 aliphatic carbocycles. The molecule has 0 bridgehead atoms. The minimum Gasteiger partial charge on any atom is -0.475 e. The predicted molar refractivity (Wildman–Crippen MR) is 92.5 cm³/mol. The summed E-state index contributed by atoms with van der Waals surface area (Å²) in [7, 11) is 3.93. The zero-order valence-electron chi connectivity index (χ0n) is 16.2. The van der Waals surface area contributed by atoms with Gasteiger partial charge in [0.2, 0.25) is 5.91 Å². The number of piperidine rings is 1. The van der Waals surface area contributed by atoms with Crippen LogP contribution in [0.1, 0.15) is 32.1 Å². The number of carboxylic acid groups (broad SMARTS) is 1. The van der Waals surface area contributed by atoms with E-state index in [9.17, 15) is 22.4 Å². The fourth-order valence-corrected chi connectivity index (χ4v) is 4.33. The van der Waals surface area contributed by atoms with Crippen molar-refractivity contribution < 1.29 is 37.0 Å². The first-order valence-corrected chi connectivity index (χ1v) is 9.39. The molecule has 3 rings (SSSR count). The Morgan fingerprint density at radius 2 is 1.75 bits per heavy atom. The highest BCUT2D eigenvalue weighted by Crippen LogP contribution is 2.43. The normalized spacial score (nSPS) is 29.8. The molecule has 2 saturated heterocycles. The molecule has 1 saturated carbocycles. The van der Waals surface area contributed by atoms with Gasteiger partial charge in [-0.1, -0.05) is 0 Å². The van der Waals surface area contributed by atoms with Crippen LogP contribution in [0.15, 0.2) is 0 Å². The number of likely N-dealkylation sites (tertiary alicyclic amines) is 2. The van der Waals surface area contributed by atoms with Gasteiger partial charge in [0, 0.05) is 38.7 Å². The monoisotopic (exact) mass is 412 g/mol. The van der Waals surface area contributed by atoms with Crippen molar-refractivity contribution in [3.63, 3.8) is 0 Å². The summed E-state index contributed by atoms with van der Waals surface area (Å²) in [5, 5.41) is 7.12. The summed E-state index contributed by atoms with van der Waals surface area (Å²) in [6, 6.07) is 0.510. The van der Waals surface area contributed by atoms with Gasteiger partial charge >= 0.3 is 12.1 Å². The van der Waals surface area contributed by atoms with E-state index in [0.29, 0.717) is 24.3 Å². The Morgan fingerprint density at radius 1 is 1.21 bits per heavy atom. The van der Waals surface area contributed by atoms with E-state index in [2.05, 4.69) is 11.9 Å². The van der Waals surface area contributed by atoms with Crippen LogP contribution in [0, 0.1) is 11.3 Å². The first-order chi connectivity index (χ1) is 13.0. The highest BCUT2D eigenvalue weighted by molar-refractivity contribution is 5.80. The number of likely N-dealkylation sites (N-methyl/N-ethyl adjacent to an activating group) is 1. The number of hydrogen-bond donors (Lipinski definition) is 1. The fourth-order valence-electron chi connectivity index (χ4n) is 4.33. The molecule has 2 heterocycles. The van der Waals surface area contributed by atoms with Crippen LogP contribution < -0.4 is 0 Å². The zero-order chi connectivity index (χ0) is 21.1. The second kappa shape index (κ2) is 8.94. The van der Waals surface area contributed by atoms with Gasteiger partial charge in [-0.05, 0) is 44.6 Å². The van der Waals surface area contributed by atoms with Gasteiger partial charge in [0.25, 0.3) is 0 Å². The summed E-state index contributed by atoms with van der Waals surface area (Å²) in [5.41, 5.74) is 0.358. The van der Waals surface area contributed by atoms with Crippen molar-refractivity contribution in [1.29, 1.82) is 0 Å². The number of methoxy groups -OCH3 is 1. The van der Waals surface area contributed by atoms with E-state index < -0.39 is 18.3 Å². The van der Waals surface area contributed by atoms with E-state index in [-0.39, 0.29) is 11.8 Å². The minimum atomic E-state index is -5.08. The quantitative estimate of drug-likeness (QED) is 0.721. The lowest BCUT2D eigenvalue weighted by molar-refractivity contribution is -0.192. The third-order valence-electron chi connectivity index (χ3n) is 6.04. The van der Waals surface area contributed by atoms with Crippen LogP contribution in [-0.4, -0.2) is 85.6 Å². The van der Waals surface area contributed by atoms with Crippen LogP contribution in [0.5, 0.6) is 0 Å². The summed E-state index contributed by atoms with van der Waals surface area (Å²) in [5.74, 6) is -2.60. The number of carbonyl (C=O) groups is 2. The van der Waals surface area contributed by atoms with E-state index in [1.165, 1.54) is 6.42 Å². The van der Waals surface area contributed by atoms with Crippen molar-refractivity contribution in [2.75, 3.05) is 40.4 Å². The maximum absolute atomic E-state index is 12.9. The lowest BCUT2D eigenvalue weighted by Gasteiger charge is -2.42. The summed E-state index contributed by atoms with van der Waals surface area (Å²) in [6.45, 7) is 3.60. The largest absolute Gasteiger partial charge is 0.490 e. The Labute approximate surface area is 161 Å². The molecular formula is C18H28F4N2O4. The molecule has 0 aromatic carbocycles. The maximum atomic E-state index is 12.9. The van der Waals surface area contributed by atoms with E-state index in [0.717, 1.165) is 39.1 Å². The smallest absolute Gasteiger partial charge is 0.475 e. The molecule has 1 atom stereocenters. The van der Waals surface area contributed by atoms with Crippen molar-refractivity contribution in [3.05, 3.63) is 0 Å². The molecule has 0 radical (unpaired) electrons. The van der Waals surface area contributed by atoms with Gasteiger partial charge in [-0.2, -0.15) is 13.2 Å². The molecule has 0 aromatic rings. The number of halogens is 4. The lowest BCUT2D eigenvalue weighted by Crippen LogP contribution is -2.48. The third-order valence-corrected chi connectivity index (χ3v) is 6.04. The van der Waals surface area contributed by atoms with E-state index in [4.69, 9.17) is 14.6 Å². The van der Waals surface area contributed by atoms with E-state index >= 15 is 0 Å². The maximum Gasteiger partial charge on any atom is 0.490 e. The number of alkyl halides is 4. The van der Waals surface area contributed by atoms with Gasteiger partial charge in [-0.3, -0.25) is 4.79 Å². The molecule has 1 amide bonds. The summed E-state index contributed by atoms with van der Waals surface area (Å²) < 4.78 is 50.0. The molecule has 1 spiro atoms. The molecule has 162 valence electrons. The topological polar surface area (TPSA) is 70.1 Å². The highest BCUT2D eigenvalue weighted by atomic mass is 19.4. The first kappa shape index (κ1) is 22.9. The van der Waals surface area contributed by atoms with Gasteiger partial charge in [0.05, 0.1) is 6.61 Å². The number of nitrogens with zero attached hydrogens (tertiary/aromatic N) is 2. The van der Waals surface area contributed by atoms with Crippen LogP contribution in [0.4, 0.5) is 17.6 Å². The van der Waals surface area contributed by atoms with Crippen LogP contribution in [0.3, 0.4) is 0 Å². The van der Waals surface area contributed by atoms with Crippen LogP contribution in [-0.2, 0) is 14.3 Å². The van der Waals surface area contributed by atoms with Crippen molar-refractivity contribution in [2.45, 2.75) is 50.5 Å². The predicted octanol–water partition coefficient (Wildman–Crippen LogP) is 2.33. The summed E-state index contributed by atoms with van der Waals surface area (Å²) >= 11 is 0. The second-order valence-corrected chi connectivity index (χ2v) is 8.12. The Bertz CT molecular complexity index is 558. The van der Waals surface area contributed by atoms with Gasteiger partial charge in [-0.25, -0.2) is 9.18 Å². The Balaban J connectivity index is 0.000000345. The van der Waals surface area contributed by atoms with Crippen molar-refractivity contribution in [2.24, 2.45) is 11.3 Å². The average molecular weight is 412 g/mol. The molecule has 10 heteroatoms. The molecule has 6 nitrogen and oxygen atoms in total. The number of rotatable bonds is 3. The molecule has 2 aliphatic heterocycles. The standard InChI is InChI=1S/C16H27FN2O2.C2HF3O2/c1-18-11-16(9-14(18)10-21-2)3-5-19(6-4-16)15(20)12-7-13(17)8-12;3-2(4,5)1(6)7/h12-14H,3-11H2,1-2H3;(H,6,7). The summed E-state index contributed by atoms with van der Waals surface area (Å²) in [4.78, 5) is 25.6. The number of hydrogen-bond acceptors (Lipinski definition) is 4. The average Bonchev–Trinajstić information content (AvgIpc) is 2.87.